The monoisotopic (exact) mass is 477 g/mol. The number of anilines is 2. The van der Waals surface area contributed by atoms with E-state index < -0.39 is 5.54 Å². The Morgan fingerprint density at radius 3 is 2.43 bits per heavy atom. The molecule has 1 aliphatic rings. The fourth-order valence-electron chi connectivity index (χ4n) is 3.93. The number of fused-ring (bicyclic) bond motifs is 1. The molecule has 0 spiro atoms. The molecule has 1 unspecified atom stereocenters. The lowest BCUT2D eigenvalue weighted by molar-refractivity contribution is -0.125. The zero-order valence-corrected chi connectivity index (χ0v) is 18.3. The molecular weight excluding hydrogens is 461 g/mol. The molecule has 144 valence electrons. The van der Waals surface area contributed by atoms with Crippen LogP contribution < -0.4 is 4.90 Å². The molecule has 2 heterocycles. The molecule has 0 fully saturated rings. The maximum atomic E-state index is 13.8. The summed E-state index contributed by atoms with van der Waals surface area (Å²) in [6, 6.07) is 13.2. The van der Waals surface area contributed by atoms with Crippen molar-refractivity contribution in [2.75, 3.05) is 4.90 Å². The van der Waals surface area contributed by atoms with Crippen molar-refractivity contribution in [3.63, 3.8) is 0 Å². The zero-order chi connectivity index (χ0) is 19.9. The first-order valence-corrected chi connectivity index (χ1v) is 10.6. The molecule has 0 aliphatic carbocycles. The first-order valence-electron chi connectivity index (χ1n) is 9.03. The number of nitrogens with zero attached hydrogens (tertiary/aromatic N) is 3. The minimum absolute atomic E-state index is 0.0151. The number of halogens is 3. The number of aromatic nitrogens is 2. The SMILES string of the molecule is CCCC1(Cc2ccc(Br)cc2)C(=O)N(c2cc(Cl)cc(Cl)c2)c2nccn21. The lowest BCUT2D eigenvalue weighted by Crippen LogP contribution is -2.43. The first kappa shape index (κ1) is 19.5. The third kappa shape index (κ3) is 3.25. The predicted molar refractivity (Wildman–Crippen MR) is 117 cm³/mol. The van der Waals surface area contributed by atoms with E-state index in [-0.39, 0.29) is 5.91 Å². The largest absolute Gasteiger partial charge is 0.301 e. The minimum Gasteiger partial charge on any atom is -0.301 e. The molecule has 4 rings (SSSR count). The van der Waals surface area contributed by atoms with E-state index in [4.69, 9.17) is 23.2 Å². The molecule has 0 saturated carbocycles. The normalized spacial score (nSPS) is 18.6. The van der Waals surface area contributed by atoms with Gasteiger partial charge < -0.3 is 4.57 Å². The lowest BCUT2D eigenvalue weighted by Gasteiger charge is -2.29. The third-order valence-electron chi connectivity index (χ3n) is 5.06. The summed E-state index contributed by atoms with van der Waals surface area (Å²) < 4.78 is 3.01. The van der Waals surface area contributed by atoms with E-state index in [1.807, 2.05) is 35.0 Å². The Hall–Kier alpha value is -1.82. The highest BCUT2D eigenvalue weighted by atomic mass is 79.9. The highest BCUT2D eigenvalue weighted by Crippen LogP contribution is 2.44. The van der Waals surface area contributed by atoms with Crippen molar-refractivity contribution >= 4 is 56.7 Å². The van der Waals surface area contributed by atoms with Gasteiger partial charge >= 0.3 is 0 Å². The second kappa shape index (κ2) is 7.54. The van der Waals surface area contributed by atoms with Gasteiger partial charge in [0.25, 0.3) is 5.91 Å². The van der Waals surface area contributed by atoms with E-state index in [9.17, 15) is 4.79 Å². The second-order valence-corrected chi connectivity index (χ2v) is 8.74. The van der Waals surface area contributed by atoms with Crippen molar-refractivity contribution in [3.05, 3.63) is 74.9 Å². The molecule has 0 N–H and O–H groups in total. The Morgan fingerprint density at radius 1 is 1.11 bits per heavy atom. The first-order chi connectivity index (χ1) is 13.4. The van der Waals surface area contributed by atoms with Crippen molar-refractivity contribution in [1.82, 2.24) is 9.55 Å². The van der Waals surface area contributed by atoms with Crippen LogP contribution in [0, 0.1) is 0 Å². The number of rotatable bonds is 5. The Morgan fingerprint density at radius 2 is 1.79 bits per heavy atom. The molecule has 1 atom stereocenters. The maximum Gasteiger partial charge on any atom is 0.260 e. The van der Waals surface area contributed by atoms with E-state index in [1.165, 1.54) is 0 Å². The van der Waals surface area contributed by atoms with Gasteiger partial charge in [-0.3, -0.25) is 4.79 Å². The van der Waals surface area contributed by atoms with E-state index >= 15 is 0 Å². The summed E-state index contributed by atoms with van der Waals surface area (Å²) in [6.07, 6.45) is 5.77. The average Bonchev–Trinajstić information content (AvgIpc) is 3.19. The average molecular weight is 479 g/mol. The van der Waals surface area contributed by atoms with E-state index in [1.54, 1.807) is 29.3 Å². The van der Waals surface area contributed by atoms with Crippen LogP contribution in [-0.4, -0.2) is 15.5 Å². The highest BCUT2D eigenvalue weighted by molar-refractivity contribution is 9.10. The summed E-state index contributed by atoms with van der Waals surface area (Å²) in [4.78, 5) is 19.9. The van der Waals surface area contributed by atoms with Crippen molar-refractivity contribution in [2.45, 2.75) is 31.7 Å². The summed E-state index contributed by atoms with van der Waals surface area (Å²) in [7, 11) is 0. The predicted octanol–water partition coefficient (Wildman–Crippen LogP) is 6.37. The van der Waals surface area contributed by atoms with Crippen molar-refractivity contribution in [1.29, 1.82) is 0 Å². The quantitative estimate of drug-likeness (QED) is 0.427. The molecule has 0 saturated heterocycles. The van der Waals surface area contributed by atoms with Gasteiger partial charge in [-0.2, -0.15) is 0 Å². The number of benzene rings is 2. The van der Waals surface area contributed by atoms with Crippen LogP contribution in [-0.2, 0) is 16.8 Å². The molecule has 3 aromatic rings. The summed E-state index contributed by atoms with van der Waals surface area (Å²) in [6.45, 7) is 2.09. The van der Waals surface area contributed by atoms with Crippen molar-refractivity contribution < 1.29 is 4.79 Å². The number of hydrogen-bond acceptors (Lipinski definition) is 2. The molecule has 7 heteroatoms. The van der Waals surface area contributed by atoms with Gasteiger partial charge in [0.15, 0.2) is 0 Å². The second-order valence-electron chi connectivity index (χ2n) is 6.95. The van der Waals surface area contributed by atoms with Gasteiger partial charge in [-0.25, -0.2) is 9.88 Å². The zero-order valence-electron chi connectivity index (χ0n) is 15.2. The summed E-state index contributed by atoms with van der Waals surface area (Å²) in [5, 5.41) is 0.962. The Labute approximate surface area is 182 Å². The molecule has 4 nitrogen and oxygen atoms in total. The smallest absolute Gasteiger partial charge is 0.260 e. The van der Waals surface area contributed by atoms with Crippen LogP contribution >= 0.6 is 39.1 Å². The van der Waals surface area contributed by atoms with E-state index in [2.05, 4.69) is 27.8 Å². The summed E-state index contributed by atoms with van der Waals surface area (Å²) >= 11 is 15.9. The molecule has 1 aliphatic heterocycles. The van der Waals surface area contributed by atoms with E-state index in [0.29, 0.717) is 34.5 Å². The van der Waals surface area contributed by atoms with Gasteiger partial charge in [0.05, 0.1) is 5.69 Å². The maximum absolute atomic E-state index is 13.8. The standard InChI is InChI=1S/C21H18BrCl2N3O/c1-2-7-21(13-14-3-5-15(22)6-4-14)19(28)27(20-25-8-9-26(20)21)18-11-16(23)10-17(24)12-18/h3-6,8-12H,2,7,13H2,1H3. The van der Waals surface area contributed by atoms with Crippen molar-refractivity contribution in [2.24, 2.45) is 0 Å². The van der Waals surface area contributed by atoms with Gasteiger partial charge in [0.2, 0.25) is 5.95 Å². The summed E-state index contributed by atoms with van der Waals surface area (Å²) in [5.41, 5.74) is 0.989. The highest BCUT2D eigenvalue weighted by Gasteiger charge is 2.51. The molecule has 0 bridgehead atoms. The number of amides is 1. The lowest BCUT2D eigenvalue weighted by atomic mass is 9.85. The fourth-order valence-corrected chi connectivity index (χ4v) is 4.71. The van der Waals surface area contributed by atoms with Gasteiger partial charge in [-0.15, -0.1) is 0 Å². The third-order valence-corrected chi connectivity index (χ3v) is 6.03. The number of imidazole rings is 1. The number of carbonyl (C=O) groups excluding carboxylic acids is 1. The van der Waals surface area contributed by atoms with Gasteiger partial charge in [-0.1, -0.05) is 64.6 Å². The minimum atomic E-state index is -0.733. The van der Waals surface area contributed by atoms with Gasteiger partial charge in [0.1, 0.15) is 5.54 Å². The van der Waals surface area contributed by atoms with Crippen LogP contribution in [0.3, 0.4) is 0 Å². The van der Waals surface area contributed by atoms with Crippen molar-refractivity contribution in [3.8, 4) is 0 Å². The molecular formula is C21H18BrCl2N3O. The topological polar surface area (TPSA) is 38.1 Å². The Balaban J connectivity index is 1.83. The van der Waals surface area contributed by atoms with Crippen LogP contribution in [0.15, 0.2) is 59.3 Å². The Kier molecular flexibility index (Phi) is 5.25. The molecule has 2 aromatic carbocycles. The molecule has 0 radical (unpaired) electrons. The van der Waals surface area contributed by atoms with Crippen LogP contribution in [0.4, 0.5) is 11.6 Å². The van der Waals surface area contributed by atoms with Crippen LogP contribution in [0.2, 0.25) is 10.0 Å². The fraction of sp³-hybridized carbons (Fsp3) is 0.238. The van der Waals surface area contributed by atoms with Crippen LogP contribution in [0.25, 0.3) is 0 Å². The number of carbonyl (C=O) groups is 1. The van der Waals surface area contributed by atoms with Crippen LogP contribution in [0.5, 0.6) is 0 Å². The molecule has 1 aromatic heterocycles. The van der Waals surface area contributed by atoms with Gasteiger partial charge in [0, 0.05) is 33.3 Å². The number of hydrogen-bond donors (Lipinski definition) is 0. The van der Waals surface area contributed by atoms with Crippen LogP contribution in [0.1, 0.15) is 25.3 Å². The van der Waals surface area contributed by atoms with Gasteiger partial charge in [-0.05, 0) is 42.3 Å². The Bertz CT molecular complexity index is 1010. The van der Waals surface area contributed by atoms with E-state index in [0.717, 1.165) is 16.5 Å². The molecule has 1 amide bonds. The summed E-state index contributed by atoms with van der Waals surface area (Å²) in [5.74, 6) is 0.576. The molecule has 28 heavy (non-hydrogen) atoms.